The van der Waals surface area contributed by atoms with E-state index in [-0.39, 0.29) is 5.91 Å². The lowest BCUT2D eigenvalue weighted by molar-refractivity contribution is 0.0746. The summed E-state index contributed by atoms with van der Waals surface area (Å²) in [6.07, 6.45) is 0. The van der Waals surface area contributed by atoms with Gasteiger partial charge in [0, 0.05) is 42.7 Å². The van der Waals surface area contributed by atoms with E-state index in [1.165, 1.54) is 0 Å². The number of hydrogen-bond donors (Lipinski definition) is 0. The molecule has 1 aromatic heterocycles. The van der Waals surface area contributed by atoms with E-state index in [4.69, 9.17) is 9.97 Å². The van der Waals surface area contributed by atoms with Crippen molar-refractivity contribution < 1.29 is 4.79 Å². The Morgan fingerprint density at radius 1 is 0.774 bits per heavy atom. The Balaban J connectivity index is 1.41. The second-order valence-electron chi connectivity index (χ2n) is 7.90. The van der Waals surface area contributed by atoms with Gasteiger partial charge >= 0.3 is 0 Å². The maximum Gasteiger partial charge on any atom is 0.253 e. The fourth-order valence-corrected chi connectivity index (χ4v) is 4.02. The van der Waals surface area contributed by atoms with Gasteiger partial charge in [0.15, 0.2) is 5.82 Å². The van der Waals surface area contributed by atoms with Crippen molar-refractivity contribution in [3.8, 4) is 11.4 Å². The molecule has 3 aromatic carbocycles. The van der Waals surface area contributed by atoms with Gasteiger partial charge in [-0.1, -0.05) is 60.2 Å². The van der Waals surface area contributed by atoms with Gasteiger partial charge in [0.1, 0.15) is 5.82 Å². The lowest BCUT2D eigenvalue weighted by Crippen LogP contribution is -2.49. The summed E-state index contributed by atoms with van der Waals surface area (Å²) in [5.41, 5.74) is 3.84. The summed E-state index contributed by atoms with van der Waals surface area (Å²) in [6, 6.07) is 26.0. The number of rotatable bonds is 3. The number of aromatic nitrogens is 2. The summed E-state index contributed by atoms with van der Waals surface area (Å²) in [4.78, 5) is 26.8. The number of nitrogens with zero attached hydrogens (tertiary/aromatic N) is 4. The second-order valence-corrected chi connectivity index (χ2v) is 7.90. The number of hydrogen-bond acceptors (Lipinski definition) is 4. The van der Waals surface area contributed by atoms with Crippen LogP contribution in [0.25, 0.3) is 22.3 Å². The highest BCUT2D eigenvalue weighted by Crippen LogP contribution is 2.28. The monoisotopic (exact) mass is 408 g/mol. The van der Waals surface area contributed by atoms with Crippen LogP contribution < -0.4 is 4.90 Å². The predicted molar refractivity (Wildman–Crippen MR) is 124 cm³/mol. The van der Waals surface area contributed by atoms with E-state index in [1.807, 2.05) is 84.6 Å². The summed E-state index contributed by atoms with van der Waals surface area (Å²) >= 11 is 0. The summed E-state index contributed by atoms with van der Waals surface area (Å²) in [5.74, 6) is 1.76. The van der Waals surface area contributed by atoms with Gasteiger partial charge in [-0.3, -0.25) is 4.79 Å². The number of para-hydroxylation sites is 1. The molecule has 0 bridgehead atoms. The number of carbonyl (C=O) groups is 1. The molecular formula is C26H24N4O. The number of aryl methyl sites for hydroxylation is 1. The molecule has 0 spiro atoms. The van der Waals surface area contributed by atoms with Crippen LogP contribution in [0.4, 0.5) is 5.82 Å². The van der Waals surface area contributed by atoms with E-state index >= 15 is 0 Å². The van der Waals surface area contributed by atoms with Gasteiger partial charge in [0.05, 0.1) is 5.52 Å². The molecule has 1 fully saturated rings. The number of amides is 1. The third-order valence-corrected chi connectivity index (χ3v) is 5.78. The van der Waals surface area contributed by atoms with Crippen LogP contribution in [-0.4, -0.2) is 47.0 Å². The van der Waals surface area contributed by atoms with E-state index in [1.54, 1.807) is 0 Å². The second kappa shape index (κ2) is 8.19. The van der Waals surface area contributed by atoms with Gasteiger partial charge < -0.3 is 9.80 Å². The average molecular weight is 409 g/mol. The molecular weight excluding hydrogens is 384 g/mol. The first kappa shape index (κ1) is 19.2. The summed E-state index contributed by atoms with van der Waals surface area (Å²) in [7, 11) is 0. The highest BCUT2D eigenvalue weighted by atomic mass is 16.2. The molecule has 4 aromatic rings. The fourth-order valence-electron chi connectivity index (χ4n) is 4.02. The molecule has 0 aliphatic carbocycles. The Hall–Kier alpha value is -3.73. The highest BCUT2D eigenvalue weighted by Gasteiger charge is 2.24. The summed E-state index contributed by atoms with van der Waals surface area (Å²) in [6.45, 7) is 4.86. The van der Waals surface area contributed by atoms with Crippen LogP contribution in [0.15, 0.2) is 78.9 Å². The zero-order valence-electron chi connectivity index (χ0n) is 17.5. The SMILES string of the molecule is Cc1ccc(C(=O)N2CCN(c3nc(-c4ccccc4)nc4ccccc34)CC2)cc1. The van der Waals surface area contributed by atoms with E-state index in [0.717, 1.165) is 52.3 Å². The molecule has 0 N–H and O–H groups in total. The Morgan fingerprint density at radius 3 is 2.19 bits per heavy atom. The predicted octanol–water partition coefficient (Wildman–Crippen LogP) is 4.57. The van der Waals surface area contributed by atoms with Crippen LogP contribution in [0.3, 0.4) is 0 Å². The molecule has 0 unspecified atom stereocenters. The van der Waals surface area contributed by atoms with E-state index < -0.39 is 0 Å². The van der Waals surface area contributed by atoms with Crippen molar-refractivity contribution in [2.75, 3.05) is 31.1 Å². The molecule has 0 saturated carbocycles. The standard InChI is InChI=1S/C26H24N4O/c1-19-11-13-21(14-12-19)26(31)30-17-15-29(16-18-30)25-22-9-5-6-10-23(22)27-24(28-25)20-7-3-2-4-8-20/h2-14H,15-18H2,1H3. The maximum absolute atomic E-state index is 12.9. The number of benzene rings is 3. The van der Waals surface area contributed by atoms with E-state index in [2.05, 4.69) is 11.0 Å². The van der Waals surface area contributed by atoms with Crippen LogP contribution in [0.1, 0.15) is 15.9 Å². The van der Waals surface area contributed by atoms with Crippen LogP contribution in [0.2, 0.25) is 0 Å². The van der Waals surface area contributed by atoms with Crippen molar-refractivity contribution in [1.29, 1.82) is 0 Å². The smallest absolute Gasteiger partial charge is 0.253 e. The van der Waals surface area contributed by atoms with Crippen molar-refractivity contribution >= 4 is 22.6 Å². The largest absolute Gasteiger partial charge is 0.352 e. The quantitative estimate of drug-likeness (QED) is 0.498. The minimum absolute atomic E-state index is 0.0946. The maximum atomic E-state index is 12.9. The Bertz CT molecular complexity index is 1210. The van der Waals surface area contributed by atoms with Crippen LogP contribution in [-0.2, 0) is 0 Å². The number of fused-ring (bicyclic) bond motifs is 1. The number of piperazine rings is 1. The minimum atomic E-state index is 0.0946. The molecule has 1 aliphatic heterocycles. The van der Waals surface area contributed by atoms with Crippen molar-refractivity contribution in [3.05, 3.63) is 90.0 Å². The fraction of sp³-hybridized carbons (Fsp3) is 0.192. The van der Waals surface area contributed by atoms with Gasteiger partial charge in [-0.25, -0.2) is 9.97 Å². The molecule has 0 atom stereocenters. The minimum Gasteiger partial charge on any atom is -0.352 e. The first-order valence-electron chi connectivity index (χ1n) is 10.6. The molecule has 1 amide bonds. The van der Waals surface area contributed by atoms with Crippen molar-refractivity contribution in [2.45, 2.75) is 6.92 Å². The molecule has 1 saturated heterocycles. The zero-order valence-corrected chi connectivity index (χ0v) is 17.5. The molecule has 31 heavy (non-hydrogen) atoms. The zero-order chi connectivity index (χ0) is 21.2. The van der Waals surface area contributed by atoms with Crippen molar-refractivity contribution in [2.24, 2.45) is 0 Å². The van der Waals surface area contributed by atoms with Gasteiger partial charge in [-0.2, -0.15) is 0 Å². The first-order valence-corrected chi connectivity index (χ1v) is 10.6. The number of anilines is 1. The average Bonchev–Trinajstić information content (AvgIpc) is 2.84. The van der Waals surface area contributed by atoms with Crippen LogP contribution in [0, 0.1) is 6.92 Å². The normalized spacial score (nSPS) is 14.1. The lowest BCUT2D eigenvalue weighted by atomic mass is 10.1. The van der Waals surface area contributed by atoms with Crippen molar-refractivity contribution in [3.63, 3.8) is 0 Å². The molecule has 154 valence electrons. The molecule has 5 heteroatoms. The summed E-state index contributed by atoms with van der Waals surface area (Å²) in [5, 5.41) is 1.04. The van der Waals surface area contributed by atoms with Gasteiger partial charge in [-0.15, -0.1) is 0 Å². The van der Waals surface area contributed by atoms with E-state index in [9.17, 15) is 4.79 Å². The Labute approximate surface area is 182 Å². The molecule has 0 radical (unpaired) electrons. The third kappa shape index (κ3) is 3.87. The van der Waals surface area contributed by atoms with Gasteiger partial charge in [0.2, 0.25) is 0 Å². The van der Waals surface area contributed by atoms with E-state index in [0.29, 0.717) is 13.1 Å². The molecule has 5 rings (SSSR count). The highest BCUT2D eigenvalue weighted by molar-refractivity contribution is 5.95. The topological polar surface area (TPSA) is 49.3 Å². The molecule has 5 nitrogen and oxygen atoms in total. The van der Waals surface area contributed by atoms with Gasteiger partial charge in [0.25, 0.3) is 5.91 Å². The number of carbonyl (C=O) groups excluding carboxylic acids is 1. The molecule has 1 aliphatic rings. The Morgan fingerprint density at radius 2 is 1.45 bits per heavy atom. The van der Waals surface area contributed by atoms with Gasteiger partial charge in [-0.05, 0) is 31.2 Å². The Kier molecular flexibility index (Phi) is 5.08. The van der Waals surface area contributed by atoms with Crippen LogP contribution in [0.5, 0.6) is 0 Å². The summed E-state index contributed by atoms with van der Waals surface area (Å²) < 4.78 is 0. The third-order valence-electron chi connectivity index (χ3n) is 5.78. The molecule has 2 heterocycles. The lowest BCUT2D eigenvalue weighted by Gasteiger charge is -2.36. The van der Waals surface area contributed by atoms with Crippen LogP contribution >= 0.6 is 0 Å². The van der Waals surface area contributed by atoms with Crippen molar-refractivity contribution in [1.82, 2.24) is 14.9 Å². The first-order chi connectivity index (χ1) is 15.2.